The number of nitrogens with one attached hydrogen (secondary N) is 1. The van der Waals surface area contributed by atoms with E-state index in [2.05, 4.69) is 35.3 Å². The van der Waals surface area contributed by atoms with Gasteiger partial charge in [-0.2, -0.15) is 0 Å². The number of nitrogens with zero attached hydrogens (tertiary/aromatic N) is 1. The van der Waals surface area contributed by atoms with Crippen molar-refractivity contribution in [1.82, 2.24) is 10.2 Å². The van der Waals surface area contributed by atoms with E-state index < -0.39 is 0 Å². The van der Waals surface area contributed by atoms with E-state index in [1.54, 1.807) is 11.1 Å². The zero-order chi connectivity index (χ0) is 16.2. The van der Waals surface area contributed by atoms with Crippen LogP contribution in [0.5, 0.6) is 0 Å². The van der Waals surface area contributed by atoms with Gasteiger partial charge in [-0.1, -0.05) is 25.1 Å². The minimum Gasteiger partial charge on any atom is -0.355 e. The van der Waals surface area contributed by atoms with Crippen molar-refractivity contribution >= 4 is 5.91 Å². The topological polar surface area (TPSA) is 32.3 Å². The molecule has 1 unspecified atom stereocenters. The van der Waals surface area contributed by atoms with Crippen molar-refractivity contribution < 1.29 is 4.79 Å². The SMILES string of the molecule is CCNC(=O)CN1CCC(C2CCc3ccc(CC)cc32)CC1. The Morgan fingerprint density at radius 3 is 2.70 bits per heavy atom. The molecule has 1 aromatic rings. The second-order valence-electron chi connectivity index (χ2n) is 7.10. The molecular weight excluding hydrogens is 284 g/mol. The van der Waals surface area contributed by atoms with Gasteiger partial charge in [-0.05, 0) is 80.6 Å². The van der Waals surface area contributed by atoms with Crippen molar-refractivity contribution in [2.24, 2.45) is 5.92 Å². The van der Waals surface area contributed by atoms with Gasteiger partial charge in [-0.3, -0.25) is 9.69 Å². The molecule has 1 aliphatic carbocycles. The van der Waals surface area contributed by atoms with Crippen LogP contribution >= 0.6 is 0 Å². The van der Waals surface area contributed by atoms with Gasteiger partial charge in [0.25, 0.3) is 0 Å². The first-order valence-corrected chi connectivity index (χ1v) is 9.32. The van der Waals surface area contributed by atoms with E-state index in [0.29, 0.717) is 6.54 Å². The molecule has 1 saturated heterocycles. The zero-order valence-electron chi connectivity index (χ0n) is 14.6. The predicted octanol–water partition coefficient (Wildman–Crippen LogP) is 3.13. The van der Waals surface area contributed by atoms with Crippen LogP contribution < -0.4 is 5.32 Å². The van der Waals surface area contributed by atoms with E-state index in [4.69, 9.17) is 0 Å². The molecule has 3 nitrogen and oxygen atoms in total. The lowest BCUT2D eigenvalue weighted by Gasteiger charge is -2.35. The number of amides is 1. The first-order chi connectivity index (χ1) is 11.2. The van der Waals surface area contributed by atoms with Crippen LogP contribution in [0.25, 0.3) is 0 Å². The molecular formula is C20H30N2O. The Balaban J connectivity index is 1.58. The molecule has 1 heterocycles. The van der Waals surface area contributed by atoms with Gasteiger partial charge in [-0.15, -0.1) is 0 Å². The Kier molecular flexibility index (Phi) is 5.37. The molecule has 0 spiro atoms. The Bertz CT molecular complexity index is 547. The third-order valence-corrected chi connectivity index (χ3v) is 5.69. The molecule has 1 N–H and O–H groups in total. The van der Waals surface area contributed by atoms with Gasteiger partial charge in [0, 0.05) is 6.54 Å². The van der Waals surface area contributed by atoms with E-state index in [9.17, 15) is 4.79 Å². The summed E-state index contributed by atoms with van der Waals surface area (Å²) in [6.45, 7) is 7.66. The number of hydrogen-bond acceptors (Lipinski definition) is 2. The number of carbonyl (C=O) groups is 1. The van der Waals surface area contributed by atoms with Crippen molar-refractivity contribution in [1.29, 1.82) is 0 Å². The molecule has 126 valence electrons. The fourth-order valence-electron chi connectivity index (χ4n) is 4.36. The van der Waals surface area contributed by atoms with E-state index in [1.165, 1.54) is 31.2 Å². The predicted molar refractivity (Wildman–Crippen MR) is 94.7 cm³/mol. The first kappa shape index (κ1) is 16.5. The van der Waals surface area contributed by atoms with Crippen molar-refractivity contribution in [3.05, 3.63) is 34.9 Å². The zero-order valence-corrected chi connectivity index (χ0v) is 14.6. The van der Waals surface area contributed by atoms with E-state index in [-0.39, 0.29) is 5.91 Å². The van der Waals surface area contributed by atoms with Gasteiger partial charge < -0.3 is 5.32 Å². The average molecular weight is 314 g/mol. The summed E-state index contributed by atoms with van der Waals surface area (Å²) < 4.78 is 0. The number of rotatable bonds is 5. The summed E-state index contributed by atoms with van der Waals surface area (Å²) in [7, 11) is 0. The normalized spacial score (nSPS) is 22.1. The van der Waals surface area contributed by atoms with Crippen molar-refractivity contribution in [3.8, 4) is 0 Å². The summed E-state index contributed by atoms with van der Waals surface area (Å²) in [6.07, 6.45) is 6.18. The summed E-state index contributed by atoms with van der Waals surface area (Å²) >= 11 is 0. The second kappa shape index (κ2) is 7.48. The smallest absolute Gasteiger partial charge is 0.234 e. The van der Waals surface area contributed by atoms with E-state index >= 15 is 0 Å². The lowest BCUT2D eigenvalue weighted by molar-refractivity contribution is -0.122. The van der Waals surface area contributed by atoms with Crippen LogP contribution in [0.15, 0.2) is 18.2 Å². The first-order valence-electron chi connectivity index (χ1n) is 9.32. The van der Waals surface area contributed by atoms with Crippen molar-refractivity contribution in [2.75, 3.05) is 26.2 Å². The fourth-order valence-corrected chi connectivity index (χ4v) is 4.36. The van der Waals surface area contributed by atoms with Crippen LogP contribution in [-0.2, 0) is 17.6 Å². The molecule has 1 fully saturated rings. The standard InChI is InChI=1S/C20H30N2O/c1-3-15-5-6-16-7-8-18(19(16)13-15)17-9-11-22(12-10-17)14-20(23)21-4-2/h5-6,13,17-18H,3-4,7-12,14H2,1-2H3,(H,21,23). The van der Waals surface area contributed by atoms with Crippen LogP contribution in [0.4, 0.5) is 0 Å². The number of likely N-dealkylation sites (tertiary alicyclic amines) is 1. The molecule has 0 aromatic heterocycles. The molecule has 2 aliphatic rings. The van der Waals surface area contributed by atoms with Crippen molar-refractivity contribution in [3.63, 3.8) is 0 Å². The monoisotopic (exact) mass is 314 g/mol. The summed E-state index contributed by atoms with van der Waals surface area (Å²) in [4.78, 5) is 14.0. The molecule has 0 bridgehead atoms. The Labute approximate surface area is 140 Å². The number of piperidine rings is 1. The van der Waals surface area contributed by atoms with Crippen LogP contribution in [0.1, 0.15) is 55.7 Å². The molecule has 1 aliphatic heterocycles. The summed E-state index contributed by atoms with van der Waals surface area (Å²) in [5.74, 6) is 1.72. The Hall–Kier alpha value is -1.35. The number of fused-ring (bicyclic) bond motifs is 1. The van der Waals surface area contributed by atoms with Crippen molar-refractivity contribution in [2.45, 2.75) is 51.9 Å². The van der Waals surface area contributed by atoms with E-state index in [0.717, 1.165) is 37.9 Å². The quantitative estimate of drug-likeness (QED) is 0.905. The minimum atomic E-state index is 0.171. The van der Waals surface area contributed by atoms with Crippen LogP contribution in [0.2, 0.25) is 0 Å². The third kappa shape index (κ3) is 3.77. The molecule has 0 saturated carbocycles. The number of likely N-dealkylation sites (N-methyl/N-ethyl adjacent to an activating group) is 1. The maximum absolute atomic E-state index is 11.7. The lowest BCUT2D eigenvalue weighted by atomic mass is 9.80. The Morgan fingerprint density at radius 1 is 1.22 bits per heavy atom. The third-order valence-electron chi connectivity index (χ3n) is 5.69. The molecule has 1 atom stereocenters. The molecule has 3 rings (SSSR count). The highest BCUT2D eigenvalue weighted by Crippen LogP contribution is 2.42. The number of hydrogen-bond donors (Lipinski definition) is 1. The van der Waals surface area contributed by atoms with Gasteiger partial charge in [0.05, 0.1) is 6.54 Å². The summed E-state index contributed by atoms with van der Waals surface area (Å²) in [6, 6.07) is 7.13. The highest BCUT2D eigenvalue weighted by atomic mass is 16.2. The summed E-state index contributed by atoms with van der Waals surface area (Å²) in [5.41, 5.74) is 4.69. The largest absolute Gasteiger partial charge is 0.355 e. The van der Waals surface area contributed by atoms with E-state index in [1.807, 2.05) is 6.92 Å². The maximum atomic E-state index is 11.7. The van der Waals surface area contributed by atoms with Gasteiger partial charge in [-0.25, -0.2) is 0 Å². The van der Waals surface area contributed by atoms with Gasteiger partial charge >= 0.3 is 0 Å². The van der Waals surface area contributed by atoms with Crippen LogP contribution in [-0.4, -0.2) is 37.0 Å². The molecule has 23 heavy (non-hydrogen) atoms. The van der Waals surface area contributed by atoms with Crippen LogP contribution in [0, 0.1) is 5.92 Å². The molecule has 0 radical (unpaired) electrons. The highest BCUT2D eigenvalue weighted by Gasteiger charge is 2.32. The van der Waals surface area contributed by atoms with Gasteiger partial charge in [0.2, 0.25) is 5.91 Å². The number of benzene rings is 1. The lowest BCUT2D eigenvalue weighted by Crippen LogP contribution is -2.42. The minimum absolute atomic E-state index is 0.171. The van der Waals surface area contributed by atoms with Crippen LogP contribution in [0.3, 0.4) is 0 Å². The number of aryl methyl sites for hydroxylation is 2. The highest BCUT2D eigenvalue weighted by molar-refractivity contribution is 5.77. The summed E-state index contributed by atoms with van der Waals surface area (Å²) in [5, 5.41) is 2.90. The molecule has 3 heteroatoms. The fraction of sp³-hybridized carbons (Fsp3) is 0.650. The molecule has 1 amide bonds. The van der Waals surface area contributed by atoms with Gasteiger partial charge in [0.15, 0.2) is 0 Å². The Morgan fingerprint density at radius 2 is 2.00 bits per heavy atom. The van der Waals surface area contributed by atoms with Gasteiger partial charge in [0.1, 0.15) is 0 Å². The second-order valence-corrected chi connectivity index (χ2v) is 7.10. The number of carbonyl (C=O) groups excluding carboxylic acids is 1. The maximum Gasteiger partial charge on any atom is 0.234 e. The molecule has 1 aromatic carbocycles. The average Bonchev–Trinajstić information content (AvgIpc) is 2.98.